The highest BCUT2D eigenvalue weighted by atomic mass is 16.2. The summed E-state index contributed by atoms with van der Waals surface area (Å²) in [5.74, 6) is -0.200. The largest absolute Gasteiger partial charge is 0.325 e. The van der Waals surface area contributed by atoms with Gasteiger partial charge < -0.3 is 11.1 Å². The molecule has 0 aliphatic carbocycles. The smallest absolute Gasteiger partial charge is 0.323 e. The molecule has 1 saturated heterocycles. The van der Waals surface area contributed by atoms with Gasteiger partial charge in [-0.2, -0.15) is 0 Å². The summed E-state index contributed by atoms with van der Waals surface area (Å²) in [5, 5.41) is 2.73. The van der Waals surface area contributed by atoms with E-state index in [9.17, 15) is 9.59 Å². The Hall–Kier alpha value is -1.88. The molecule has 3 amide bonds. The van der Waals surface area contributed by atoms with Crippen molar-refractivity contribution in [2.24, 2.45) is 5.73 Å². The molecular weight excluding hydrogens is 254 g/mol. The predicted octanol–water partition coefficient (Wildman–Crippen LogP) is 1.72. The third-order valence-electron chi connectivity index (χ3n) is 4.02. The lowest BCUT2D eigenvalue weighted by Gasteiger charge is -2.22. The van der Waals surface area contributed by atoms with E-state index in [1.165, 1.54) is 4.90 Å². The lowest BCUT2D eigenvalue weighted by atomic mass is 9.98. The molecule has 108 valence electrons. The van der Waals surface area contributed by atoms with E-state index >= 15 is 0 Å². The van der Waals surface area contributed by atoms with Crippen molar-refractivity contribution in [1.29, 1.82) is 0 Å². The number of carbonyl (C=O) groups is 2. The van der Waals surface area contributed by atoms with Crippen molar-refractivity contribution in [3.63, 3.8) is 0 Å². The van der Waals surface area contributed by atoms with Crippen LogP contribution in [0.5, 0.6) is 0 Å². The number of nitrogens with one attached hydrogen (secondary N) is 1. The van der Waals surface area contributed by atoms with E-state index in [2.05, 4.69) is 5.32 Å². The first-order valence-electron chi connectivity index (χ1n) is 6.84. The highest BCUT2D eigenvalue weighted by Gasteiger charge is 2.46. The number of carbonyl (C=O) groups excluding carboxylic acids is 2. The van der Waals surface area contributed by atoms with Crippen molar-refractivity contribution in [2.75, 3.05) is 6.54 Å². The molecule has 2 rings (SSSR count). The minimum absolute atomic E-state index is 0.200. The Labute approximate surface area is 119 Å². The van der Waals surface area contributed by atoms with Gasteiger partial charge in [-0.25, -0.2) is 4.79 Å². The van der Waals surface area contributed by atoms with Crippen LogP contribution >= 0.6 is 0 Å². The number of hydrogen-bond donors (Lipinski definition) is 2. The van der Waals surface area contributed by atoms with Crippen molar-refractivity contribution in [3.05, 3.63) is 35.4 Å². The SMILES string of the molecule is CCC1(C)NC(=O)N(CC(N)c2ccccc2C)C1=O. The number of aryl methyl sites for hydroxylation is 1. The molecule has 2 unspecified atom stereocenters. The van der Waals surface area contributed by atoms with E-state index in [1.54, 1.807) is 6.92 Å². The zero-order chi connectivity index (χ0) is 14.9. The van der Waals surface area contributed by atoms with Crippen LogP contribution < -0.4 is 11.1 Å². The number of nitrogens with zero attached hydrogens (tertiary/aromatic N) is 1. The summed E-state index contributed by atoms with van der Waals surface area (Å²) in [7, 11) is 0. The molecular formula is C15H21N3O2. The van der Waals surface area contributed by atoms with E-state index in [4.69, 9.17) is 5.73 Å². The fourth-order valence-electron chi connectivity index (χ4n) is 2.45. The van der Waals surface area contributed by atoms with Crippen LogP contribution in [0.25, 0.3) is 0 Å². The average Bonchev–Trinajstić information content (AvgIpc) is 2.63. The van der Waals surface area contributed by atoms with Crippen molar-refractivity contribution >= 4 is 11.9 Å². The van der Waals surface area contributed by atoms with Gasteiger partial charge in [-0.1, -0.05) is 31.2 Å². The number of urea groups is 1. The molecule has 1 heterocycles. The minimum Gasteiger partial charge on any atom is -0.323 e. The van der Waals surface area contributed by atoms with Gasteiger partial charge in [0, 0.05) is 12.6 Å². The van der Waals surface area contributed by atoms with Crippen LogP contribution in [0.2, 0.25) is 0 Å². The minimum atomic E-state index is -0.803. The first-order chi connectivity index (χ1) is 9.39. The van der Waals surface area contributed by atoms with E-state index in [1.807, 2.05) is 38.1 Å². The molecule has 0 spiro atoms. The molecule has 1 aromatic rings. The molecule has 1 fully saturated rings. The van der Waals surface area contributed by atoms with Crippen molar-refractivity contribution in [3.8, 4) is 0 Å². The number of benzene rings is 1. The summed E-state index contributed by atoms with van der Waals surface area (Å²) >= 11 is 0. The molecule has 0 radical (unpaired) electrons. The molecule has 0 saturated carbocycles. The number of hydrogen-bond acceptors (Lipinski definition) is 3. The quantitative estimate of drug-likeness (QED) is 0.821. The van der Waals surface area contributed by atoms with Gasteiger partial charge in [0.2, 0.25) is 0 Å². The van der Waals surface area contributed by atoms with Crippen LogP contribution in [0.4, 0.5) is 4.79 Å². The third kappa shape index (κ3) is 2.41. The first-order valence-corrected chi connectivity index (χ1v) is 6.84. The highest BCUT2D eigenvalue weighted by molar-refractivity contribution is 6.06. The fourth-order valence-corrected chi connectivity index (χ4v) is 2.45. The van der Waals surface area contributed by atoms with Gasteiger partial charge >= 0.3 is 6.03 Å². The summed E-state index contributed by atoms with van der Waals surface area (Å²) < 4.78 is 0. The molecule has 0 bridgehead atoms. The summed E-state index contributed by atoms with van der Waals surface area (Å²) in [4.78, 5) is 25.5. The van der Waals surface area contributed by atoms with Gasteiger partial charge in [0.15, 0.2) is 0 Å². The van der Waals surface area contributed by atoms with Crippen molar-refractivity contribution in [1.82, 2.24) is 10.2 Å². The fraction of sp³-hybridized carbons (Fsp3) is 0.467. The van der Waals surface area contributed by atoms with Crippen LogP contribution in [0.1, 0.15) is 37.4 Å². The first kappa shape index (κ1) is 14.5. The average molecular weight is 275 g/mol. The van der Waals surface area contributed by atoms with Gasteiger partial charge in [-0.15, -0.1) is 0 Å². The van der Waals surface area contributed by atoms with E-state index in [0.717, 1.165) is 11.1 Å². The zero-order valence-electron chi connectivity index (χ0n) is 12.1. The maximum Gasteiger partial charge on any atom is 0.325 e. The van der Waals surface area contributed by atoms with Crippen LogP contribution in [0, 0.1) is 6.92 Å². The van der Waals surface area contributed by atoms with Crippen LogP contribution in [0.3, 0.4) is 0 Å². The predicted molar refractivity (Wildman–Crippen MR) is 77.0 cm³/mol. The van der Waals surface area contributed by atoms with Crippen molar-refractivity contribution < 1.29 is 9.59 Å². The van der Waals surface area contributed by atoms with Gasteiger partial charge in [0.25, 0.3) is 5.91 Å². The normalized spacial score (nSPS) is 23.9. The lowest BCUT2D eigenvalue weighted by Crippen LogP contribution is -2.43. The molecule has 5 heteroatoms. The third-order valence-corrected chi connectivity index (χ3v) is 4.02. The molecule has 5 nitrogen and oxygen atoms in total. The Morgan fingerprint density at radius 2 is 2.00 bits per heavy atom. The topological polar surface area (TPSA) is 75.4 Å². The Balaban J connectivity index is 2.17. The Kier molecular flexibility index (Phi) is 3.81. The van der Waals surface area contributed by atoms with Gasteiger partial charge in [-0.05, 0) is 31.4 Å². The van der Waals surface area contributed by atoms with Crippen molar-refractivity contribution in [2.45, 2.75) is 38.8 Å². The molecule has 20 heavy (non-hydrogen) atoms. The number of imide groups is 1. The summed E-state index contributed by atoms with van der Waals surface area (Å²) in [6, 6.07) is 7.01. The van der Waals surface area contributed by atoms with Gasteiger partial charge in [0.1, 0.15) is 5.54 Å². The molecule has 1 aliphatic heterocycles. The second-order valence-electron chi connectivity index (χ2n) is 5.49. The number of nitrogens with two attached hydrogens (primary N) is 1. The van der Waals surface area contributed by atoms with E-state index in [-0.39, 0.29) is 24.5 Å². The maximum absolute atomic E-state index is 12.3. The molecule has 1 aromatic carbocycles. The second kappa shape index (κ2) is 5.25. The monoisotopic (exact) mass is 275 g/mol. The Morgan fingerprint density at radius 1 is 1.35 bits per heavy atom. The van der Waals surface area contributed by atoms with Crippen LogP contribution in [-0.4, -0.2) is 28.9 Å². The molecule has 0 aromatic heterocycles. The Morgan fingerprint density at radius 3 is 2.55 bits per heavy atom. The summed E-state index contributed by atoms with van der Waals surface area (Å²) in [5.41, 5.74) is 7.37. The highest BCUT2D eigenvalue weighted by Crippen LogP contribution is 2.24. The second-order valence-corrected chi connectivity index (χ2v) is 5.49. The summed E-state index contributed by atoms with van der Waals surface area (Å²) in [6.45, 7) is 5.79. The van der Waals surface area contributed by atoms with Crippen LogP contribution in [-0.2, 0) is 4.79 Å². The maximum atomic E-state index is 12.3. The molecule has 3 N–H and O–H groups in total. The Bertz CT molecular complexity index is 544. The number of amides is 3. The summed E-state index contributed by atoms with van der Waals surface area (Å²) in [6.07, 6.45) is 0.563. The van der Waals surface area contributed by atoms with E-state index < -0.39 is 5.54 Å². The van der Waals surface area contributed by atoms with E-state index in [0.29, 0.717) is 6.42 Å². The lowest BCUT2D eigenvalue weighted by molar-refractivity contribution is -0.131. The zero-order valence-corrected chi connectivity index (χ0v) is 12.1. The standard InChI is InChI=1S/C15H21N3O2/c1-4-15(3)13(19)18(14(20)17-15)9-12(16)11-8-6-5-7-10(11)2/h5-8,12H,4,9,16H2,1-3H3,(H,17,20). The van der Waals surface area contributed by atoms with Gasteiger partial charge in [0.05, 0.1) is 0 Å². The van der Waals surface area contributed by atoms with Gasteiger partial charge in [-0.3, -0.25) is 9.69 Å². The molecule has 1 aliphatic rings. The molecule has 2 atom stereocenters. The van der Waals surface area contributed by atoms with Crippen LogP contribution in [0.15, 0.2) is 24.3 Å². The number of rotatable bonds is 4.